The Labute approximate surface area is 144 Å². The molecule has 0 spiro atoms. The van der Waals surface area contributed by atoms with E-state index < -0.39 is 22.0 Å². The molecular formula is C17H16F3NO3S. The second-order valence-corrected chi connectivity index (χ2v) is 6.24. The second-order valence-electron chi connectivity index (χ2n) is 4.79. The van der Waals surface area contributed by atoms with Crippen LogP contribution < -0.4 is 0 Å². The normalized spacial score (nSPS) is 10.9. The van der Waals surface area contributed by atoms with Crippen LogP contribution in [0.25, 0.3) is 11.3 Å². The number of pyridine rings is 1. The molecule has 134 valence electrons. The summed E-state index contributed by atoms with van der Waals surface area (Å²) in [6.07, 6.45) is -2.16. The third kappa shape index (κ3) is 9.49. The van der Waals surface area contributed by atoms with Crippen molar-refractivity contribution in [2.24, 2.45) is 0 Å². The van der Waals surface area contributed by atoms with Crippen molar-refractivity contribution in [3.8, 4) is 23.1 Å². The summed E-state index contributed by atoms with van der Waals surface area (Å²) in [6.45, 7) is 2.05. The number of rotatable bonds is 2. The molecule has 0 aliphatic heterocycles. The molecule has 0 amide bonds. The first kappa shape index (κ1) is 20.7. The number of nitrogens with zero attached hydrogens (tertiary/aromatic N) is 1. The molecule has 0 fully saturated rings. The summed E-state index contributed by atoms with van der Waals surface area (Å²) in [6, 6.07) is 14.1. The Kier molecular flexibility index (Phi) is 7.61. The van der Waals surface area contributed by atoms with Crippen LogP contribution in [-0.4, -0.2) is 29.9 Å². The zero-order chi connectivity index (χ0) is 18.9. The highest BCUT2D eigenvalue weighted by molar-refractivity contribution is 7.85. The van der Waals surface area contributed by atoms with E-state index in [1.807, 2.05) is 30.3 Å². The predicted molar refractivity (Wildman–Crippen MR) is 89.3 cm³/mol. The van der Waals surface area contributed by atoms with Gasteiger partial charge in [-0.25, -0.2) is 0 Å². The van der Waals surface area contributed by atoms with Gasteiger partial charge in [0.05, 0.1) is 5.69 Å². The molecule has 2 rings (SSSR count). The highest BCUT2D eigenvalue weighted by Crippen LogP contribution is 2.16. The summed E-state index contributed by atoms with van der Waals surface area (Å²) >= 11 is 0. The van der Waals surface area contributed by atoms with E-state index in [2.05, 4.69) is 35.9 Å². The number of hydrogen-bond donors (Lipinski definition) is 1. The standard InChI is InChI=1S/C15H13N.C2H3F3O3S/c1-2-3-6-13-8-10-14(11-9-13)15-7-4-5-12-16-15;3-2(4,5)1-9(6,7)8/h4-5,7-12H,2H2,1H3;1H2,(H,6,7,8). The van der Waals surface area contributed by atoms with E-state index in [0.29, 0.717) is 0 Å². The fraction of sp³-hybridized carbons (Fsp3) is 0.235. The largest absolute Gasteiger partial charge is 0.405 e. The van der Waals surface area contributed by atoms with Gasteiger partial charge in [0, 0.05) is 23.7 Å². The average molecular weight is 371 g/mol. The summed E-state index contributed by atoms with van der Waals surface area (Å²) in [5.74, 6) is 3.98. The molecule has 0 radical (unpaired) electrons. The summed E-state index contributed by atoms with van der Waals surface area (Å²) in [5, 5.41) is 0. The monoisotopic (exact) mass is 371 g/mol. The molecule has 0 aliphatic carbocycles. The van der Waals surface area contributed by atoms with E-state index in [0.717, 1.165) is 23.2 Å². The Morgan fingerprint density at radius 2 is 1.76 bits per heavy atom. The van der Waals surface area contributed by atoms with Crippen LogP contribution in [0.1, 0.15) is 18.9 Å². The van der Waals surface area contributed by atoms with Crippen LogP contribution in [0.5, 0.6) is 0 Å². The summed E-state index contributed by atoms with van der Waals surface area (Å²) in [7, 11) is -4.91. The van der Waals surface area contributed by atoms with Crippen molar-refractivity contribution in [1.29, 1.82) is 0 Å². The van der Waals surface area contributed by atoms with E-state index in [1.54, 1.807) is 6.20 Å². The van der Waals surface area contributed by atoms with Gasteiger partial charge in [0.25, 0.3) is 10.1 Å². The molecule has 1 aromatic heterocycles. The molecule has 0 bridgehead atoms. The highest BCUT2D eigenvalue weighted by atomic mass is 32.2. The van der Waals surface area contributed by atoms with Gasteiger partial charge in [0.1, 0.15) is 0 Å². The lowest BCUT2D eigenvalue weighted by Crippen LogP contribution is -2.21. The molecule has 0 saturated heterocycles. The van der Waals surface area contributed by atoms with Crippen LogP contribution in [0.15, 0.2) is 48.7 Å². The first-order valence-corrected chi connectivity index (χ1v) is 8.74. The third-order valence-corrected chi connectivity index (χ3v) is 3.29. The number of aromatic nitrogens is 1. The van der Waals surface area contributed by atoms with Crippen molar-refractivity contribution in [1.82, 2.24) is 4.98 Å². The third-order valence-electron chi connectivity index (χ3n) is 2.60. The van der Waals surface area contributed by atoms with E-state index in [9.17, 15) is 21.6 Å². The molecule has 2 aromatic rings. The quantitative estimate of drug-likeness (QED) is 0.641. The minimum atomic E-state index is -4.91. The first-order chi connectivity index (χ1) is 11.6. The van der Waals surface area contributed by atoms with E-state index in [1.165, 1.54) is 0 Å². The molecule has 4 nitrogen and oxygen atoms in total. The summed E-state index contributed by atoms with van der Waals surface area (Å²) in [5.41, 5.74) is 3.18. The highest BCUT2D eigenvalue weighted by Gasteiger charge is 2.33. The van der Waals surface area contributed by atoms with Crippen LogP contribution in [-0.2, 0) is 10.1 Å². The molecule has 0 atom stereocenters. The van der Waals surface area contributed by atoms with Gasteiger partial charge in [0.2, 0.25) is 0 Å². The van der Waals surface area contributed by atoms with Gasteiger partial charge in [-0.1, -0.05) is 37.0 Å². The maximum atomic E-state index is 11.0. The van der Waals surface area contributed by atoms with Gasteiger partial charge in [0.15, 0.2) is 5.75 Å². The molecule has 0 saturated carbocycles. The second kappa shape index (κ2) is 9.20. The molecule has 1 heterocycles. The number of halogens is 3. The zero-order valence-electron chi connectivity index (χ0n) is 13.3. The Morgan fingerprint density at radius 3 is 2.16 bits per heavy atom. The van der Waals surface area contributed by atoms with Crippen LogP contribution in [0.3, 0.4) is 0 Å². The number of benzene rings is 1. The van der Waals surface area contributed by atoms with Gasteiger partial charge in [-0.15, -0.1) is 0 Å². The first-order valence-electron chi connectivity index (χ1n) is 7.13. The average Bonchev–Trinajstić information content (AvgIpc) is 2.51. The minimum Gasteiger partial charge on any atom is -0.285 e. The van der Waals surface area contributed by atoms with Crippen molar-refractivity contribution in [3.05, 3.63) is 54.2 Å². The Hall–Kier alpha value is -2.37. The fourth-order valence-electron chi connectivity index (χ4n) is 1.66. The topological polar surface area (TPSA) is 67.3 Å². The van der Waals surface area contributed by atoms with Gasteiger partial charge < -0.3 is 0 Å². The maximum Gasteiger partial charge on any atom is 0.405 e. The lowest BCUT2D eigenvalue weighted by atomic mass is 10.1. The molecule has 0 unspecified atom stereocenters. The molecule has 1 N–H and O–H groups in total. The smallest absolute Gasteiger partial charge is 0.285 e. The lowest BCUT2D eigenvalue weighted by molar-refractivity contribution is -0.107. The van der Waals surface area contributed by atoms with E-state index >= 15 is 0 Å². The Morgan fingerprint density at radius 1 is 1.12 bits per heavy atom. The van der Waals surface area contributed by atoms with Gasteiger partial charge >= 0.3 is 6.18 Å². The van der Waals surface area contributed by atoms with Crippen molar-refractivity contribution in [2.75, 3.05) is 5.75 Å². The molecule has 0 aliphatic rings. The summed E-state index contributed by atoms with van der Waals surface area (Å²) < 4.78 is 59.6. The zero-order valence-corrected chi connectivity index (χ0v) is 14.1. The van der Waals surface area contributed by atoms with Gasteiger partial charge in [-0.3, -0.25) is 9.54 Å². The minimum absolute atomic E-state index is 0.891. The fourth-order valence-corrected chi connectivity index (χ4v) is 2.07. The Balaban J connectivity index is 0.000000299. The van der Waals surface area contributed by atoms with Crippen LogP contribution in [0, 0.1) is 11.8 Å². The molecule has 8 heteroatoms. The van der Waals surface area contributed by atoms with Crippen molar-refractivity contribution < 1.29 is 26.1 Å². The van der Waals surface area contributed by atoms with Crippen molar-refractivity contribution in [3.63, 3.8) is 0 Å². The van der Waals surface area contributed by atoms with Crippen LogP contribution >= 0.6 is 0 Å². The predicted octanol–water partition coefficient (Wildman–Crippen LogP) is 3.95. The Bertz CT molecular complexity index is 821. The van der Waals surface area contributed by atoms with Gasteiger partial charge in [-0.05, 0) is 24.3 Å². The van der Waals surface area contributed by atoms with Crippen LogP contribution in [0.2, 0.25) is 0 Å². The molecular weight excluding hydrogens is 355 g/mol. The molecule has 25 heavy (non-hydrogen) atoms. The van der Waals surface area contributed by atoms with Crippen LogP contribution in [0.4, 0.5) is 13.2 Å². The van der Waals surface area contributed by atoms with Crippen molar-refractivity contribution in [2.45, 2.75) is 19.5 Å². The van der Waals surface area contributed by atoms with E-state index in [4.69, 9.17) is 4.55 Å². The lowest BCUT2D eigenvalue weighted by Gasteiger charge is -2.00. The van der Waals surface area contributed by atoms with Gasteiger partial charge in [-0.2, -0.15) is 21.6 Å². The summed E-state index contributed by atoms with van der Waals surface area (Å²) in [4.78, 5) is 4.30. The van der Waals surface area contributed by atoms with E-state index in [-0.39, 0.29) is 0 Å². The SMILES string of the molecule is CCC#Cc1ccc(-c2ccccn2)cc1.O=S(=O)(O)CC(F)(F)F. The maximum absolute atomic E-state index is 11.0. The number of alkyl halides is 3. The number of hydrogen-bond acceptors (Lipinski definition) is 3. The molecule has 1 aromatic carbocycles. The van der Waals surface area contributed by atoms with Crippen molar-refractivity contribution >= 4 is 10.1 Å².